The Labute approximate surface area is 135 Å². The molecule has 1 aliphatic heterocycles. The number of hydrogen-bond acceptors (Lipinski definition) is 3. The number of rotatable bonds is 5. The topological polar surface area (TPSA) is 61.4 Å². The summed E-state index contributed by atoms with van der Waals surface area (Å²) in [5.41, 5.74) is 1.10. The Morgan fingerprint density at radius 2 is 2.05 bits per heavy atom. The number of halogens is 1. The lowest BCUT2D eigenvalue weighted by molar-refractivity contribution is -0.124. The normalized spacial score (nSPS) is 20.5. The second-order valence-corrected chi connectivity index (χ2v) is 6.37. The smallest absolute Gasteiger partial charge is 0.324 e. The molecule has 0 atom stereocenters. The number of benzene rings is 1. The molecule has 0 radical (unpaired) electrons. The van der Waals surface area contributed by atoms with Gasteiger partial charge in [0.2, 0.25) is 5.91 Å². The fraction of sp³-hybridized carbons (Fsp3) is 0.500. The molecule has 0 bridgehead atoms. The average Bonchev–Trinajstić information content (AvgIpc) is 3.10. The maximum Gasteiger partial charge on any atom is 0.324 e. The van der Waals surface area contributed by atoms with Gasteiger partial charge in [0.1, 0.15) is 0 Å². The highest BCUT2D eigenvalue weighted by atomic mass is 35.5. The number of nitrogens with one attached hydrogen (secondary N) is 2. The zero-order valence-electron chi connectivity index (χ0n) is 12.4. The molecule has 6 heteroatoms. The molecular weight excluding hydrogens is 302 g/mol. The van der Waals surface area contributed by atoms with Crippen LogP contribution in [0.15, 0.2) is 24.3 Å². The van der Waals surface area contributed by atoms with Gasteiger partial charge in [-0.1, -0.05) is 36.6 Å². The van der Waals surface area contributed by atoms with Crippen LogP contribution in [0.5, 0.6) is 0 Å². The van der Waals surface area contributed by atoms with Crippen molar-refractivity contribution in [2.45, 2.75) is 31.2 Å². The molecule has 0 spiro atoms. The molecule has 2 fully saturated rings. The summed E-state index contributed by atoms with van der Waals surface area (Å²) in [6.07, 6.45) is 4.44. The van der Waals surface area contributed by atoms with Crippen LogP contribution in [-0.2, 0) is 10.3 Å². The molecule has 118 valence electrons. The maximum absolute atomic E-state index is 11.6. The van der Waals surface area contributed by atoms with Crippen molar-refractivity contribution in [3.63, 3.8) is 0 Å². The van der Waals surface area contributed by atoms with E-state index in [0.717, 1.165) is 17.9 Å². The van der Waals surface area contributed by atoms with E-state index >= 15 is 0 Å². The molecule has 0 aromatic heterocycles. The van der Waals surface area contributed by atoms with E-state index in [-0.39, 0.29) is 24.0 Å². The van der Waals surface area contributed by atoms with Crippen molar-refractivity contribution in [3.8, 4) is 0 Å². The summed E-state index contributed by atoms with van der Waals surface area (Å²) in [6.45, 7) is 1.09. The van der Waals surface area contributed by atoms with Crippen LogP contribution in [0.4, 0.5) is 4.79 Å². The third-order valence-corrected chi connectivity index (χ3v) is 4.81. The number of hydrogen-bond donors (Lipinski definition) is 2. The molecule has 1 heterocycles. The number of imide groups is 1. The Balaban J connectivity index is 1.67. The number of carbonyl (C=O) groups is 2. The molecule has 0 unspecified atom stereocenters. The van der Waals surface area contributed by atoms with Crippen molar-refractivity contribution in [2.75, 3.05) is 19.6 Å². The molecule has 2 N–H and O–H groups in total. The molecule has 1 aromatic rings. The first-order chi connectivity index (χ1) is 10.6. The van der Waals surface area contributed by atoms with Gasteiger partial charge >= 0.3 is 6.03 Å². The minimum atomic E-state index is -0.296. The van der Waals surface area contributed by atoms with E-state index in [1.807, 2.05) is 18.2 Å². The van der Waals surface area contributed by atoms with Gasteiger partial charge < -0.3 is 10.6 Å². The Hall–Kier alpha value is -1.59. The van der Waals surface area contributed by atoms with Gasteiger partial charge in [-0.3, -0.25) is 9.69 Å². The van der Waals surface area contributed by atoms with E-state index in [1.54, 1.807) is 0 Å². The molecule has 1 saturated heterocycles. The summed E-state index contributed by atoms with van der Waals surface area (Å²) in [6, 6.07) is 7.65. The van der Waals surface area contributed by atoms with Crippen LogP contribution in [-0.4, -0.2) is 36.5 Å². The summed E-state index contributed by atoms with van der Waals surface area (Å²) >= 11 is 6.13. The minimum absolute atomic E-state index is 0.0931. The quantitative estimate of drug-likeness (QED) is 0.818. The van der Waals surface area contributed by atoms with Crippen molar-refractivity contribution >= 4 is 23.5 Å². The van der Waals surface area contributed by atoms with Crippen LogP contribution in [0.3, 0.4) is 0 Å². The van der Waals surface area contributed by atoms with Crippen molar-refractivity contribution < 1.29 is 9.59 Å². The third kappa shape index (κ3) is 2.96. The van der Waals surface area contributed by atoms with Gasteiger partial charge in [0, 0.05) is 23.7 Å². The van der Waals surface area contributed by atoms with Crippen LogP contribution in [0.25, 0.3) is 0 Å². The minimum Gasteiger partial charge on any atom is -0.329 e. The van der Waals surface area contributed by atoms with Gasteiger partial charge in [-0.05, 0) is 30.5 Å². The Kier molecular flexibility index (Phi) is 4.36. The summed E-state index contributed by atoms with van der Waals surface area (Å²) in [5, 5.41) is 6.85. The van der Waals surface area contributed by atoms with Crippen LogP contribution in [0.1, 0.15) is 31.2 Å². The fourth-order valence-corrected chi connectivity index (χ4v) is 3.61. The molecule has 1 saturated carbocycles. The number of carbonyl (C=O) groups excluding carboxylic acids is 2. The standard InChI is InChI=1S/C16H20ClN3O2/c17-13-5-3-4-12(10-13)16(6-1-2-7-16)19-8-9-20-14(21)11-18-15(20)22/h3-5,10,19H,1-2,6-9,11H2,(H,18,22). The maximum atomic E-state index is 11.6. The lowest BCUT2D eigenvalue weighted by atomic mass is 9.88. The van der Waals surface area contributed by atoms with Crippen molar-refractivity contribution in [3.05, 3.63) is 34.9 Å². The van der Waals surface area contributed by atoms with E-state index in [2.05, 4.69) is 16.7 Å². The fourth-order valence-electron chi connectivity index (χ4n) is 3.42. The zero-order chi connectivity index (χ0) is 15.6. The van der Waals surface area contributed by atoms with Gasteiger partial charge in [0.25, 0.3) is 0 Å². The Morgan fingerprint density at radius 3 is 2.68 bits per heavy atom. The first-order valence-electron chi connectivity index (χ1n) is 7.70. The number of nitrogens with zero attached hydrogens (tertiary/aromatic N) is 1. The molecule has 5 nitrogen and oxygen atoms in total. The van der Waals surface area contributed by atoms with E-state index in [9.17, 15) is 9.59 Å². The van der Waals surface area contributed by atoms with Crippen LogP contribution < -0.4 is 10.6 Å². The molecule has 1 aromatic carbocycles. The van der Waals surface area contributed by atoms with E-state index in [0.29, 0.717) is 13.1 Å². The second kappa shape index (κ2) is 6.26. The highest BCUT2D eigenvalue weighted by molar-refractivity contribution is 6.30. The first-order valence-corrected chi connectivity index (χ1v) is 8.08. The Bertz CT molecular complexity index is 569. The van der Waals surface area contributed by atoms with Crippen LogP contribution >= 0.6 is 11.6 Å². The monoisotopic (exact) mass is 321 g/mol. The summed E-state index contributed by atoms with van der Waals surface area (Å²) in [5.74, 6) is -0.157. The summed E-state index contributed by atoms with van der Waals surface area (Å²) in [7, 11) is 0. The summed E-state index contributed by atoms with van der Waals surface area (Å²) < 4.78 is 0. The van der Waals surface area contributed by atoms with Crippen molar-refractivity contribution in [1.82, 2.24) is 15.5 Å². The molecular formula is C16H20ClN3O2. The molecule has 3 amide bonds. The second-order valence-electron chi connectivity index (χ2n) is 5.93. The predicted molar refractivity (Wildman–Crippen MR) is 84.7 cm³/mol. The molecule has 1 aliphatic carbocycles. The lowest BCUT2D eigenvalue weighted by Crippen LogP contribution is -2.45. The van der Waals surface area contributed by atoms with Gasteiger partial charge in [-0.15, -0.1) is 0 Å². The SMILES string of the molecule is O=C1CNC(=O)N1CCNC1(c2cccc(Cl)c2)CCCC1. The van der Waals surface area contributed by atoms with E-state index < -0.39 is 0 Å². The lowest BCUT2D eigenvalue weighted by Gasteiger charge is -2.32. The van der Waals surface area contributed by atoms with Gasteiger partial charge in [-0.25, -0.2) is 4.79 Å². The molecule has 2 aliphatic rings. The highest BCUT2D eigenvalue weighted by Gasteiger charge is 2.36. The van der Waals surface area contributed by atoms with Gasteiger partial charge in [-0.2, -0.15) is 0 Å². The van der Waals surface area contributed by atoms with Crippen molar-refractivity contribution in [1.29, 1.82) is 0 Å². The number of urea groups is 1. The van der Waals surface area contributed by atoms with Crippen molar-refractivity contribution in [2.24, 2.45) is 0 Å². The van der Waals surface area contributed by atoms with Crippen LogP contribution in [0.2, 0.25) is 5.02 Å². The largest absolute Gasteiger partial charge is 0.329 e. The van der Waals surface area contributed by atoms with E-state index in [4.69, 9.17) is 11.6 Å². The number of amides is 3. The van der Waals surface area contributed by atoms with E-state index in [1.165, 1.54) is 23.3 Å². The predicted octanol–water partition coefficient (Wildman–Crippen LogP) is 2.25. The zero-order valence-corrected chi connectivity index (χ0v) is 13.2. The molecule has 3 rings (SSSR count). The van der Waals surface area contributed by atoms with Gasteiger partial charge in [0.05, 0.1) is 6.54 Å². The average molecular weight is 322 g/mol. The summed E-state index contributed by atoms with van der Waals surface area (Å²) in [4.78, 5) is 24.4. The van der Waals surface area contributed by atoms with Crippen LogP contribution in [0, 0.1) is 0 Å². The first kappa shape index (κ1) is 15.3. The van der Waals surface area contributed by atoms with Gasteiger partial charge in [0.15, 0.2) is 0 Å². The Morgan fingerprint density at radius 1 is 1.27 bits per heavy atom. The molecule has 22 heavy (non-hydrogen) atoms. The third-order valence-electron chi connectivity index (χ3n) is 4.57. The highest BCUT2D eigenvalue weighted by Crippen LogP contribution is 2.39.